The van der Waals surface area contributed by atoms with Crippen LogP contribution in [-0.2, 0) is 0 Å². The van der Waals surface area contributed by atoms with Gasteiger partial charge in [-0.1, -0.05) is 158 Å². The molecule has 0 amide bonds. The smallest absolute Gasteiger partial charge is 0.164 e. The van der Waals surface area contributed by atoms with Gasteiger partial charge in [0.25, 0.3) is 0 Å². The number of rotatable bonds is 6. The summed E-state index contributed by atoms with van der Waals surface area (Å²) in [5.74, 6) is 1.92. The molecule has 0 aliphatic carbocycles. The lowest BCUT2D eigenvalue weighted by Crippen LogP contribution is -2.01. The molecule has 0 atom stereocenters. The number of benzene rings is 7. The molecule has 0 N–H and O–H groups in total. The van der Waals surface area contributed by atoms with Crippen molar-refractivity contribution < 1.29 is 0 Å². The van der Waals surface area contributed by atoms with E-state index in [1.54, 1.807) is 0 Å². The van der Waals surface area contributed by atoms with E-state index in [1.807, 2.05) is 53.8 Å². The minimum atomic E-state index is 0.640. The van der Waals surface area contributed by atoms with Crippen molar-refractivity contribution in [1.82, 2.24) is 15.0 Å². The molecule has 0 unspecified atom stereocenters. The van der Waals surface area contributed by atoms with Crippen molar-refractivity contribution >= 4 is 31.5 Å². The second kappa shape index (κ2) is 12.4. The predicted octanol–water partition coefficient (Wildman–Crippen LogP) is 12.2. The van der Waals surface area contributed by atoms with Crippen LogP contribution in [0.15, 0.2) is 176 Å². The van der Waals surface area contributed by atoms with E-state index in [0.717, 1.165) is 33.4 Å². The van der Waals surface area contributed by atoms with Crippen LogP contribution in [-0.4, -0.2) is 15.0 Å². The van der Waals surface area contributed by atoms with E-state index < -0.39 is 0 Å². The molecule has 0 radical (unpaired) electrons. The highest BCUT2D eigenvalue weighted by Gasteiger charge is 2.17. The first-order chi connectivity index (χ1) is 24.3. The Morgan fingerprint density at radius 3 is 1.53 bits per heavy atom. The highest BCUT2D eigenvalue weighted by molar-refractivity contribution is 7.26. The maximum Gasteiger partial charge on any atom is 0.164 e. The van der Waals surface area contributed by atoms with Gasteiger partial charge in [-0.25, -0.2) is 15.0 Å². The van der Waals surface area contributed by atoms with Gasteiger partial charge in [-0.2, -0.15) is 0 Å². The molecule has 0 aliphatic heterocycles. The van der Waals surface area contributed by atoms with Crippen molar-refractivity contribution in [3.05, 3.63) is 176 Å². The van der Waals surface area contributed by atoms with Gasteiger partial charge in [-0.3, -0.25) is 0 Å². The fourth-order valence-corrected chi connectivity index (χ4v) is 7.76. The van der Waals surface area contributed by atoms with Gasteiger partial charge in [0.15, 0.2) is 17.5 Å². The molecule has 49 heavy (non-hydrogen) atoms. The van der Waals surface area contributed by atoms with Crippen molar-refractivity contribution in [3.63, 3.8) is 0 Å². The van der Waals surface area contributed by atoms with Crippen LogP contribution in [0.3, 0.4) is 0 Å². The van der Waals surface area contributed by atoms with Crippen LogP contribution in [0, 0.1) is 0 Å². The van der Waals surface area contributed by atoms with Crippen LogP contribution < -0.4 is 0 Å². The molecule has 0 aliphatic rings. The molecule has 0 spiro atoms. The number of fused-ring (bicyclic) bond motifs is 3. The van der Waals surface area contributed by atoms with Crippen LogP contribution >= 0.6 is 11.3 Å². The van der Waals surface area contributed by atoms with E-state index in [1.165, 1.54) is 36.9 Å². The lowest BCUT2D eigenvalue weighted by atomic mass is 9.94. The zero-order chi connectivity index (χ0) is 32.6. The summed E-state index contributed by atoms with van der Waals surface area (Å²) in [5, 5.41) is 2.60. The van der Waals surface area contributed by atoms with Crippen LogP contribution in [0.1, 0.15) is 0 Å². The number of aromatic nitrogens is 3. The highest BCUT2D eigenvalue weighted by Crippen LogP contribution is 2.40. The molecule has 230 valence electrons. The maximum atomic E-state index is 5.15. The van der Waals surface area contributed by atoms with E-state index in [0.29, 0.717) is 17.5 Å². The minimum Gasteiger partial charge on any atom is -0.208 e. The zero-order valence-corrected chi connectivity index (χ0v) is 27.3. The van der Waals surface area contributed by atoms with E-state index in [-0.39, 0.29) is 0 Å². The second-order valence-electron chi connectivity index (χ2n) is 12.0. The monoisotopic (exact) mass is 643 g/mol. The third-order valence-electron chi connectivity index (χ3n) is 8.98. The molecule has 3 nitrogen and oxygen atoms in total. The van der Waals surface area contributed by atoms with E-state index >= 15 is 0 Å². The van der Waals surface area contributed by atoms with Crippen LogP contribution in [0.4, 0.5) is 0 Å². The maximum absolute atomic E-state index is 5.15. The average molecular weight is 644 g/mol. The SMILES string of the molecule is c1ccc(-c2ccc(-c3nc(-c4ccccc4)nc(-c4ccc(-c5cccc6c5sc5ccccc56)cc4)n3)c(-c3ccccc3)c2)cc1. The van der Waals surface area contributed by atoms with Gasteiger partial charge >= 0.3 is 0 Å². The van der Waals surface area contributed by atoms with Gasteiger partial charge in [-0.05, 0) is 51.6 Å². The number of hydrogen-bond donors (Lipinski definition) is 0. The number of nitrogens with zero attached hydrogens (tertiary/aromatic N) is 3. The fraction of sp³-hybridized carbons (Fsp3) is 0. The molecule has 9 rings (SSSR count). The summed E-state index contributed by atoms with van der Waals surface area (Å²) in [4.78, 5) is 15.3. The topological polar surface area (TPSA) is 38.7 Å². The average Bonchev–Trinajstić information content (AvgIpc) is 3.58. The molecule has 4 heteroatoms. The van der Waals surface area contributed by atoms with E-state index in [9.17, 15) is 0 Å². The Kier molecular flexibility index (Phi) is 7.34. The van der Waals surface area contributed by atoms with Crippen molar-refractivity contribution in [2.24, 2.45) is 0 Å². The van der Waals surface area contributed by atoms with Gasteiger partial charge < -0.3 is 0 Å². The summed E-state index contributed by atoms with van der Waals surface area (Å²) in [7, 11) is 0. The highest BCUT2D eigenvalue weighted by atomic mass is 32.1. The van der Waals surface area contributed by atoms with Gasteiger partial charge in [0.1, 0.15) is 0 Å². The summed E-state index contributed by atoms with van der Waals surface area (Å²) >= 11 is 1.85. The fourth-order valence-electron chi connectivity index (χ4n) is 6.52. The van der Waals surface area contributed by atoms with Crippen molar-refractivity contribution in [3.8, 4) is 67.5 Å². The predicted molar refractivity (Wildman–Crippen MR) is 205 cm³/mol. The second-order valence-corrected chi connectivity index (χ2v) is 13.1. The Balaban J connectivity index is 1.18. The van der Waals surface area contributed by atoms with E-state index in [2.05, 4.69) is 133 Å². The molecular weight excluding hydrogens is 615 g/mol. The Labute approximate surface area is 288 Å². The molecule has 0 saturated heterocycles. The third kappa shape index (κ3) is 5.48. The summed E-state index contributed by atoms with van der Waals surface area (Å²) in [6.45, 7) is 0. The lowest BCUT2D eigenvalue weighted by molar-refractivity contribution is 1.07. The Morgan fingerprint density at radius 2 is 0.816 bits per heavy atom. The summed E-state index contributed by atoms with van der Waals surface area (Å²) < 4.78 is 2.61. The summed E-state index contributed by atoms with van der Waals surface area (Å²) in [5.41, 5.74) is 9.74. The zero-order valence-electron chi connectivity index (χ0n) is 26.5. The van der Waals surface area contributed by atoms with Gasteiger partial charge in [0, 0.05) is 36.9 Å². The molecule has 2 heterocycles. The molecule has 0 fully saturated rings. The van der Waals surface area contributed by atoms with Crippen molar-refractivity contribution in [2.45, 2.75) is 0 Å². The third-order valence-corrected chi connectivity index (χ3v) is 10.2. The van der Waals surface area contributed by atoms with Crippen molar-refractivity contribution in [1.29, 1.82) is 0 Å². The lowest BCUT2D eigenvalue weighted by Gasteiger charge is -2.14. The Bertz CT molecular complexity index is 2580. The first-order valence-electron chi connectivity index (χ1n) is 16.4. The van der Waals surface area contributed by atoms with Crippen LogP contribution in [0.2, 0.25) is 0 Å². The summed E-state index contributed by atoms with van der Waals surface area (Å²) in [6, 6.07) is 61.5. The minimum absolute atomic E-state index is 0.640. The molecule has 0 bridgehead atoms. The Hall–Kier alpha value is -6.23. The normalized spacial score (nSPS) is 11.3. The van der Waals surface area contributed by atoms with Gasteiger partial charge in [0.05, 0.1) is 0 Å². The summed E-state index contributed by atoms with van der Waals surface area (Å²) in [6.07, 6.45) is 0. The van der Waals surface area contributed by atoms with Gasteiger partial charge in [-0.15, -0.1) is 11.3 Å². The van der Waals surface area contributed by atoms with Crippen LogP contribution in [0.5, 0.6) is 0 Å². The molecule has 9 aromatic rings. The molecule has 7 aromatic carbocycles. The standard InChI is InChI=1S/C45H29N3S/c1-4-13-30(14-5-1)35-27-28-39(40(29-35)31-15-6-2-7-16-31)45-47-43(33-17-8-3-9-18-33)46-44(48-45)34-25-23-32(24-26-34)36-20-12-21-38-37-19-10-11-22-41(37)49-42(36)38/h1-29H. The molecule has 0 saturated carbocycles. The molecule has 2 aromatic heterocycles. The first-order valence-corrected chi connectivity index (χ1v) is 17.2. The van der Waals surface area contributed by atoms with Gasteiger partial charge in [0.2, 0.25) is 0 Å². The van der Waals surface area contributed by atoms with Crippen LogP contribution in [0.25, 0.3) is 87.7 Å². The quantitative estimate of drug-likeness (QED) is 0.181. The largest absolute Gasteiger partial charge is 0.208 e. The molecular formula is C45H29N3S. The van der Waals surface area contributed by atoms with E-state index in [4.69, 9.17) is 15.0 Å². The Morgan fingerprint density at radius 1 is 0.306 bits per heavy atom. The number of hydrogen-bond acceptors (Lipinski definition) is 4. The number of thiophene rings is 1. The first kappa shape index (κ1) is 29.0. The van der Waals surface area contributed by atoms with Crippen molar-refractivity contribution in [2.75, 3.05) is 0 Å².